The van der Waals surface area contributed by atoms with Gasteiger partial charge >= 0.3 is 0 Å². The van der Waals surface area contributed by atoms with Crippen molar-refractivity contribution in [1.29, 1.82) is 0 Å². The van der Waals surface area contributed by atoms with E-state index in [1.807, 2.05) is 0 Å². The maximum Gasteiger partial charge on any atom is 0.243 e. The number of hydrogen-bond acceptors (Lipinski definition) is 4. The highest BCUT2D eigenvalue weighted by atomic mass is 32.2. The predicted molar refractivity (Wildman–Crippen MR) is 79.2 cm³/mol. The number of benzene rings is 1. The Hall–Kier alpha value is -1.27. The lowest BCUT2D eigenvalue weighted by Crippen LogP contribution is -2.43. The van der Waals surface area contributed by atoms with Crippen LogP contribution in [0, 0.1) is 5.41 Å². The maximum atomic E-state index is 12.8. The van der Waals surface area contributed by atoms with Crippen LogP contribution < -0.4 is 9.47 Å². The first kappa shape index (κ1) is 14.7. The molecule has 0 unspecified atom stereocenters. The van der Waals surface area contributed by atoms with E-state index in [9.17, 15) is 8.42 Å². The molecular formula is C15H21NO4S. The third-order valence-corrected chi connectivity index (χ3v) is 5.86. The molecule has 21 heavy (non-hydrogen) atoms. The first-order valence-corrected chi connectivity index (χ1v) is 8.72. The van der Waals surface area contributed by atoms with E-state index < -0.39 is 10.0 Å². The van der Waals surface area contributed by atoms with Gasteiger partial charge in [0.05, 0.1) is 4.90 Å². The molecule has 0 bridgehead atoms. The standard InChI is InChI=1S/C15H21NO4S/c1-15(2)6-3-7-16(11-15)21(17,18)12-4-5-13-14(10-12)20-9-8-19-13/h4-5,10H,3,6-9,11H2,1-2H3. The van der Waals surface area contributed by atoms with Crippen LogP contribution in [0.1, 0.15) is 26.7 Å². The Kier molecular flexibility index (Phi) is 3.61. The summed E-state index contributed by atoms with van der Waals surface area (Å²) in [5.41, 5.74) is 0.0269. The molecule has 2 aliphatic rings. The summed E-state index contributed by atoms with van der Waals surface area (Å²) in [7, 11) is -3.47. The smallest absolute Gasteiger partial charge is 0.243 e. The summed E-state index contributed by atoms with van der Waals surface area (Å²) in [5, 5.41) is 0. The molecule has 0 spiro atoms. The summed E-state index contributed by atoms with van der Waals surface area (Å²) in [6.07, 6.45) is 1.96. The molecule has 0 aliphatic carbocycles. The quantitative estimate of drug-likeness (QED) is 0.841. The van der Waals surface area contributed by atoms with Gasteiger partial charge in [-0.1, -0.05) is 13.8 Å². The molecule has 1 aromatic carbocycles. The Morgan fingerprint density at radius 1 is 1.14 bits per heavy atom. The molecule has 5 nitrogen and oxygen atoms in total. The number of hydrogen-bond donors (Lipinski definition) is 0. The van der Waals surface area contributed by atoms with Crippen LogP contribution in [0.4, 0.5) is 0 Å². The van der Waals surface area contributed by atoms with Crippen molar-refractivity contribution in [3.05, 3.63) is 18.2 Å². The van der Waals surface area contributed by atoms with Gasteiger partial charge in [-0.25, -0.2) is 8.42 Å². The van der Waals surface area contributed by atoms with Crippen LogP contribution in [0.2, 0.25) is 0 Å². The Labute approximate surface area is 125 Å². The van der Waals surface area contributed by atoms with E-state index in [-0.39, 0.29) is 10.3 Å². The van der Waals surface area contributed by atoms with Gasteiger partial charge in [0.15, 0.2) is 11.5 Å². The minimum absolute atomic E-state index is 0.0269. The topological polar surface area (TPSA) is 55.8 Å². The molecule has 0 saturated carbocycles. The number of nitrogens with zero attached hydrogens (tertiary/aromatic N) is 1. The molecule has 0 atom stereocenters. The predicted octanol–water partition coefficient (Wildman–Crippen LogP) is 2.27. The summed E-state index contributed by atoms with van der Waals surface area (Å²) in [6, 6.07) is 4.85. The van der Waals surface area contributed by atoms with Crippen molar-refractivity contribution in [3.63, 3.8) is 0 Å². The lowest BCUT2D eigenvalue weighted by molar-refractivity contribution is 0.170. The van der Waals surface area contributed by atoms with Crippen molar-refractivity contribution in [1.82, 2.24) is 4.31 Å². The zero-order chi connectivity index (χ0) is 15.1. The molecule has 0 aromatic heterocycles. The van der Waals surface area contributed by atoms with E-state index in [1.165, 1.54) is 0 Å². The van der Waals surface area contributed by atoms with Crippen molar-refractivity contribution >= 4 is 10.0 Å². The van der Waals surface area contributed by atoms with Crippen molar-refractivity contribution < 1.29 is 17.9 Å². The minimum atomic E-state index is -3.47. The number of rotatable bonds is 2. The fraction of sp³-hybridized carbons (Fsp3) is 0.600. The van der Waals surface area contributed by atoms with Gasteiger partial charge in [-0.2, -0.15) is 4.31 Å². The molecule has 1 saturated heterocycles. The number of ether oxygens (including phenoxy) is 2. The van der Waals surface area contributed by atoms with Crippen LogP contribution in [-0.4, -0.2) is 39.0 Å². The lowest BCUT2D eigenvalue weighted by Gasteiger charge is -2.37. The highest BCUT2D eigenvalue weighted by Gasteiger charge is 2.34. The Balaban J connectivity index is 1.91. The average molecular weight is 311 g/mol. The monoisotopic (exact) mass is 311 g/mol. The summed E-state index contributed by atoms with van der Waals surface area (Å²) >= 11 is 0. The highest BCUT2D eigenvalue weighted by molar-refractivity contribution is 7.89. The number of fused-ring (bicyclic) bond motifs is 1. The Morgan fingerprint density at radius 3 is 2.57 bits per heavy atom. The third kappa shape index (κ3) is 2.87. The molecular weight excluding hydrogens is 290 g/mol. The summed E-state index contributed by atoms with van der Waals surface area (Å²) < 4.78 is 38.1. The molecule has 2 heterocycles. The molecule has 1 fully saturated rings. The maximum absolute atomic E-state index is 12.8. The van der Waals surface area contributed by atoms with E-state index in [0.29, 0.717) is 37.8 Å². The van der Waals surface area contributed by atoms with E-state index in [0.717, 1.165) is 12.8 Å². The molecule has 2 aliphatic heterocycles. The summed E-state index contributed by atoms with van der Waals surface area (Å²) in [5.74, 6) is 1.12. The fourth-order valence-electron chi connectivity index (χ4n) is 2.91. The van der Waals surface area contributed by atoms with Crippen molar-refractivity contribution in [3.8, 4) is 11.5 Å². The van der Waals surface area contributed by atoms with Gasteiger partial charge in [0, 0.05) is 19.2 Å². The largest absolute Gasteiger partial charge is 0.486 e. The van der Waals surface area contributed by atoms with E-state index in [4.69, 9.17) is 9.47 Å². The van der Waals surface area contributed by atoms with Crippen LogP contribution in [-0.2, 0) is 10.0 Å². The van der Waals surface area contributed by atoms with Gasteiger partial charge in [0.1, 0.15) is 13.2 Å². The highest BCUT2D eigenvalue weighted by Crippen LogP contribution is 2.35. The van der Waals surface area contributed by atoms with Crippen LogP contribution in [0.5, 0.6) is 11.5 Å². The minimum Gasteiger partial charge on any atom is -0.486 e. The Bertz CT molecular complexity index is 639. The third-order valence-electron chi connectivity index (χ3n) is 4.02. The van der Waals surface area contributed by atoms with Gasteiger partial charge in [0.25, 0.3) is 0 Å². The first-order chi connectivity index (χ1) is 9.88. The van der Waals surface area contributed by atoms with Gasteiger partial charge in [-0.15, -0.1) is 0 Å². The Morgan fingerprint density at radius 2 is 1.86 bits per heavy atom. The average Bonchev–Trinajstić information content (AvgIpc) is 2.45. The summed E-state index contributed by atoms with van der Waals surface area (Å²) in [6.45, 7) is 6.31. The molecule has 116 valence electrons. The molecule has 0 amide bonds. The van der Waals surface area contributed by atoms with Crippen LogP contribution in [0.25, 0.3) is 0 Å². The first-order valence-electron chi connectivity index (χ1n) is 7.28. The second kappa shape index (κ2) is 5.18. The molecule has 0 radical (unpaired) electrons. The SMILES string of the molecule is CC1(C)CCCN(S(=O)(=O)c2ccc3c(c2)OCCO3)C1. The van der Waals surface area contributed by atoms with Gasteiger partial charge in [-0.05, 0) is 30.4 Å². The van der Waals surface area contributed by atoms with Crippen LogP contribution >= 0.6 is 0 Å². The molecule has 3 rings (SSSR count). The number of sulfonamides is 1. The molecule has 6 heteroatoms. The second-order valence-corrected chi connectivity index (χ2v) is 8.35. The zero-order valence-corrected chi connectivity index (χ0v) is 13.3. The van der Waals surface area contributed by atoms with E-state index in [2.05, 4.69) is 13.8 Å². The van der Waals surface area contributed by atoms with Crippen molar-refractivity contribution in [2.75, 3.05) is 26.3 Å². The second-order valence-electron chi connectivity index (χ2n) is 6.41. The van der Waals surface area contributed by atoms with Gasteiger partial charge < -0.3 is 9.47 Å². The number of piperidine rings is 1. The fourth-order valence-corrected chi connectivity index (χ4v) is 4.59. The lowest BCUT2D eigenvalue weighted by atomic mass is 9.85. The molecule has 1 aromatic rings. The van der Waals surface area contributed by atoms with E-state index in [1.54, 1.807) is 22.5 Å². The zero-order valence-electron chi connectivity index (χ0n) is 12.5. The van der Waals surface area contributed by atoms with Gasteiger partial charge in [0.2, 0.25) is 10.0 Å². The van der Waals surface area contributed by atoms with Crippen molar-refractivity contribution in [2.24, 2.45) is 5.41 Å². The van der Waals surface area contributed by atoms with Crippen LogP contribution in [0.3, 0.4) is 0 Å². The normalized spacial score (nSPS) is 22.0. The summed E-state index contributed by atoms with van der Waals surface area (Å²) in [4.78, 5) is 0.282. The van der Waals surface area contributed by atoms with Crippen LogP contribution in [0.15, 0.2) is 23.1 Å². The van der Waals surface area contributed by atoms with Crippen molar-refractivity contribution in [2.45, 2.75) is 31.6 Å². The van der Waals surface area contributed by atoms with E-state index >= 15 is 0 Å². The van der Waals surface area contributed by atoms with Gasteiger partial charge in [-0.3, -0.25) is 0 Å². The molecule has 0 N–H and O–H groups in total.